The van der Waals surface area contributed by atoms with Crippen LogP contribution in [0.1, 0.15) is 16.3 Å². The molecule has 0 bridgehead atoms. The molecule has 2 rings (SSSR count). The van der Waals surface area contributed by atoms with Crippen molar-refractivity contribution in [1.29, 1.82) is 0 Å². The molecule has 1 aromatic heterocycles. The van der Waals surface area contributed by atoms with E-state index in [1.54, 1.807) is 13.0 Å². The number of aryl methyl sites for hydroxylation is 1. The number of anilines is 1. The maximum Gasteiger partial charge on any atom is 0.356 e. The van der Waals surface area contributed by atoms with Crippen LogP contribution in [0.3, 0.4) is 0 Å². The monoisotopic (exact) mass is 291 g/mol. The normalized spacial score (nSPS) is 10.2. The van der Waals surface area contributed by atoms with Crippen LogP contribution >= 0.6 is 0 Å². The molecular formula is C14H14FN3O3. The molecule has 6 nitrogen and oxygen atoms in total. The highest BCUT2D eigenvalue weighted by Gasteiger charge is 2.17. The Morgan fingerprint density at radius 1 is 1.38 bits per heavy atom. The lowest BCUT2D eigenvalue weighted by Gasteiger charge is -2.10. The van der Waals surface area contributed by atoms with Crippen molar-refractivity contribution in [3.8, 4) is 0 Å². The SMILES string of the molecule is COC(=O)c1cnc(C)n1CC(=O)Nc1ccccc1F. The van der Waals surface area contributed by atoms with Crippen LogP contribution in [0, 0.1) is 12.7 Å². The van der Waals surface area contributed by atoms with E-state index in [1.807, 2.05) is 0 Å². The van der Waals surface area contributed by atoms with E-state index in [9.17, 15) is 14.0 Å². The Labute approximate surface area is 120 Å². The van der Waals surface area contributed by atoms with Gasteiger partial charge in [0, 0.05) is 0 Å². The van der Waals surface area contributed by atoms with Gasteiger partial charge in [0.2, 0.25) is 5.91 Å². The number of methoxy groups -OCH3 is 1. The van der Waals surface area contributed by atoms with Gasteiger partial charge in [0.15, 0.2) is 0 Å². The van der Waals surface area contributed by atoms with Gasteiger partial charge in [-0.15, -0.1) is 0 Å². The third kappa shape index (κ3) is 3.25. The number of imidazole rings is 1. The minimum Gasteiger partial charge on any atom is -0.464 e. The topological polar surface area (TPSA) is 73.2 Å². The van der Waals surface area contributed by atoms with E-state index >= 15 is 0 Å². The number of para-hydroxylation sites is 1. The number of halogens is 1. The Balaban J connectivity index is 2.15. The van der Waals surface area contributed by atoms with Crippen molar-refractivity contribution < 1.29 is 18.7 Å². The van der Waals surface area contributed by atoms with Crippen LogP contribution in [0.5, 0.6) is 0 Å². The highest BCUT2D eigenvalue weighted by Crippen LogP contribution is 2.13. The van der Waals surface area contributed by atoms with Gasteiger partial charge < -0.3 is 14.6 Å². The summed E-state index contributed by atoms with van der Waals surface area (Å²) in [6.07, 6.45) is 1.33. The number of nitrogens with zero attached hydrogens (tertiary/aromatic N) is 2. The average Bonchev–Trinajstić information content (AvgIpc) is 2.82. The lowest BCUT2D eigenvalue weighted by molar-refractivity contribution is -0.116. The van der Waals surface area contributed by atoms with E-state index in [1.165, 1.54) is 36.1 Å². The highest BCUT2D eigenvalue weighted by atomic mass is 19.1. The number of ether oxygens (including phenoxy) is 1. The van der Waals surface area contributed by atoms with Crippen LogP contribution < -0.4 is 5.32 Å². The van der Waals surface area contributed by atoms with Gasteiger partial charge in [-0.3, -0.25) is 4.79 Å². The Bertz CT molecular complexity index is 682. The zero-order valence-corrected chi connectivity index (χ0v) is 11.6. The maximum absolute atomic E-state index is 13.5. The molecule has 7 heteroatoms. The summed E-state index contributed by atoms with van der Waals surface area (Å²) in [5, 5.41) is 2.45. The van der Waals surface area contributed by atoms with E-state index < -0.39 is 17.7 Å². The van der Waals surface area contributed by atoms with Crippen molar-refractivity contribution in [3.05, 3.63) is 47.8 Å². The molecule has 0 aliphatic rings. The zero-order chi connectivity index (χ0) is 15.4. The molecule has 0 aliphatic heterocycles. The number of esters is 1. The molecule has 21 heavy (non-hydrogen) atoms. The number of carbonyl (C=O) groups excluding carboxylic acids is 2. The van der Waals surface area contributed by atoms with Gasteiger partial charge in [0.05, 0.1) is 19.0 Å². The average molecular weight is 291 g/mol. The number of rotatable bonds is 4. The van der Waals surface area contributed by atoms with Gasteiger partial charge in [-0.2, -0.15) is 0 Å². The van der Waals surface area contributed by atoms with Crippen molar-refractivity contribution in [2.45, 2.75) is 13.5 Å². The summed E-state index contributed by atoms with van der Waals surface area (Å²) < 4.78 is 19.5. The fourth-order valence-electron chi connectivity index (χ4n) is 1.83. The molecule has 1 amide bonds. The second-order valence-corrected chi connectivity index (χ2v) is 4.30. The van der Waals surface area contributed by atoms with Gasteiger partial charge >= 0.3 is 5.97 Å². The second-order valence-electron chi connectivity index (χ2n) is 4.30. The largest absolute Gasteiger partial charge is 0.464 e. The minimum atomic E-state index is -0.589. The zero-order valence-electron chi connectivity index (χ0n) is 11.6. The fourth-order valence-corrected chi connectivity index (χ4v) is 1.83. The molecule has 0 unspecified atom stereocenters. The standard InChI is InChI=1S/C14H14FN3O3/c1-9-16-7-12(14(20)21-2)18(9)8-13(19)17-11-6-4-3-5-10(11)15/h3-7H,8H2,1-2H3,(H,17,19). The molecule has 0 fully saturated rings. The molecular weight excluding hydrogens is 277 g/mol. The van der Waals surface area contributed by atoms with Crippen molar-refractivity contribution >= 4 is 17.6 Å². The van der Waals surface area contributed by atoms with Gasteiger partial charge in [0.1, 0.15) is 23.9 Å². The molecule has 0 aliphatic carbocycles. The summed E-state index contributed by atoms with van der Waals surface area (Å²) in [7, 11) is 1.24. The van der Waals surface area contributed by atoms with Gasteiger partial charge in [-0.1, -0.05) is 12.1 Å². The predicted octanol–water partition coefficient (Wildman–Crippen LogP) is 1.76. The first kappa shape index (κ1) is 14.7. The van der Waals surface area contributed by atoms with Gasteiger partial charge in [0.25, 0.3) is 0 Å². The van der Waals surface area contributed by atoms with Crippen LogP contribution in [-0.4, -0.2) is 28.5 Å². The third-order valence-electron chi connectivity index (χ3n) is 2.90. The minimum absolute atomic E-state index is 0.0832. The van der Waals surface area contributed by atoms with E-state index in [4.69, 9.17) is 0 Å². The molecule has 0 radical (unpaired) electrons. The molecule has 1 aromatic carbocycles. The number of hydrogen-bond acceptors (Lipinski definition) is 4. The van der Waals surface area contributed by atoms with Crippen LogP contribution in [0.2, 0.25) is 0 Å². The molecule has 1 heterocycles. The quantitative estimate of drug-likeness (QED) is 0.871. The third-order valence-corrected chi connectivity index (χ3v) is 2.90. The van der Waals surface area contributed by atoms with Crippen LogP contribution in [0.4, 0.5) is 10.1 Å². The van der Waals surface area contributed by atoms with Crippen LogP contribution in [0.25, 0.3) is 0 Å². The Morgan fingerprint density at radius 3 is 2.76 bits per heavy atom. The summed E-state index contributed by atoms with van der Waals surface area (Å²) in [6.45, 7) is 1.49. The molecule has 0 atom stereocenters. The molecule has 0 saturated carbocycles. The summed E-state index contributed by atoms with van der Waals surface area (Å²) in [6, 6.07) is 5.84. The molecule has 0 spiro atoms. The lowest BCUT2D eigenvalue weighted by Crippen LogP contribution is -2.23. The summed E-state index contributed by atoms with van der Waals surface area (Å²) in [5.41, 5.74) is 0.249. The molecule has 2 aromatic rings. The highest BCUT2D eigenvalue weighted by molar-refractivity contribution is 5.92. The number of amides is 1. The Kier molecular flexibility index (Phi) is 4.32. The second kappa shape index (κ2) is 6.17. The lowest BCUT2D eigenvalue weighted by atomic mass is 10.3. The van der Waals surface area contributed by atoms with Crippen molar-refractivity contribution in [3.63, 3.8) is 0 Å². The molecule has 0 saturated heterocycles. The fraction of sp³-hybridized carbons (Fsp3) is 0.214. The Morgan fingerprint density at radius 2 is 2.10 bits per heavy atom. The van der Waals surface area contributed by atoms with Crippen LogP contribution in [-0.2, 0) is 16.1 Å². The van der Waals surface area contributed by atoms with Gasteiger partial charge in [-0.25, -0.2) is 14.2 Å². The molecule has 1 N–H and O–H groups in total. The number of nitrogens with one attached hydrogen (secondary N) is 1. The first-order valence-corrected chi connectivity index (χ1v) is 6.17. The van der Waals surface area contributed by atoms with E-state index in [0.29, 0.717) is 5.82 Å². The number of benzene rings is 1. The maximum atomic E-state index is 13.5. The molecule has 110 valence electrons. The number of hydrogen-bond donors (Lipinski definition) is 1. The van der Waals surface area contributed by atoms with Crippen molar-refractivity contribution in [2.24, 2.45) is 0 Å². The first-order valence-electron chi connectivity index (χ1n) is 6.17. The number of carbonyl (C=O) groups is 2. The first-order chi connectivity index (χ1) is 10.0. The van der Waals surface area contributed by atoms with E-state index in [2.05, 4.69) is 15.0 Å². The van der Waals surface area contributed by atoms with Crippen molar-refractivity contribution in [1.82, 2.24) is 9.55 Å². The number of aromatic nitrogens is 2. The summed E-state index contributed by atoms with van der Waals surface area (Å²) in [4.78, 5) is 27.5. The van der Waals surface area contributed by atoms with Crippen LogP contribution in [0.15, 0.2) is 30.5 Å². The van der Waals surface area contributed by atoms with E-state index in [0.717, 1.165) is 0 Å². The van der Waals surface area contributed by atoms with E-state index in [-0.39, 0.29) is 17.9 Å². The predicted molar refractivity (Wildman–Crippen MR) is 73.3 cm³/mol. The summed E-state index contributed by atoms with van der Waals surface area (Å²) in [5.74, 6) is -1.10. The Hall–Kier alpha value is -2.70. The summed E-state index contributed by atoms with van der Waals surface area (Å²) >= 11 is 0. The smallest absolute Gasteiger partial charge is 0.356 e. The van der Waals surface area contributed by atoms with Crippen molar-refractivity contribution in [2.75, 3.05) is 12.4 Å². The van der Waals surface area contributed by atoms with Gasteiger partial charge in [-0.05, 0) is 19.1 Å².